The van der Waals surface area contributed by atoms with Crippen LogP contribution in [0.4, 0.5) is 5.69 Å². The fourth-order valence-corrected chi connectivity index (χ4v) is 3.27. The van der Waals surface area contributed by atoms with Gasteiger partial charge in [-0.15, -0.1) is 0 Å². The Balaban J connectivity index is 1.62. The number of carbonyl (C=O) groups is 1. The van der Waals surface area contributed by atoms with E-state index in [0.717, 1.165) is 13.1 Å². The molecule has 4 rings (SSSR count). The maximum atomic E-state index is 12.5. The van der Waals surface area contributed by atoms with Gasteiger partial charge >= 0.3 is 0 Å². The molecular weight excluding hydrogens is 344 g/mol. The molecule has 1 aliphatic heterocycles. The molecule has 0 atom stereocenters. The van der Waals surface area contributed by atoms with Crippen LogP contribution in [0.5, 0.6) is 0 Å². The second kappa shape index (κ2) is 7.69. The highest BCUT2D eigenvalue weighted by Crippen LogP contribution is 2.24. The zero-order valence-electron chi connectivity index (χ0n) is 14.8. The maximum Gasteiger partial charge on any atom is 0.279 e. The summed E-state index contributed by atoms with van der Waals surface area (Å²) in [5.74, 6) is -0.0865. The molecule has 1 fully saturated rings. The first kappa shape index (κ1) is 17.4. The number of H-pyrrole nitrogens is 1. The van der Waals surface area contributed by atoms with E-state index in [2.05, 4.69) is 15.3 Å². The van der Waals surface area contributed by atoms with Crippen molar-refractivity contribution in [3.05, 3.63) is 58.9 Å². The number of nitrogens with one attached hydrogen (secondary N) is 3. The number of hydrogen-bond acceptors (Lipinski definition) is 4. The van der Waals surface area contributed by atoms with Crippen LogP contribution >= 0.6 is 0 Å². The second-order valence-electron chi connectivity index (χ2n) is 6.56. The number of aromatic nitrogens is 2. The highest BCUT2D eigenvalue weighted by atomic mass is 16.5. The fraction of sp³-hybridized carbons (Fsp3) is 0.250. The SMILES string of the molecule is O=C(C[NH+]1CCOCC1)Nc1ccccc1-c1nc2ccccc2[nH]c1=O. The molecule has 2 aromatic carbocycles. The Morgan fingerprint density at radius 2 is 1.85 bits per heavy atom. The van der Waals surface area contributed by atoms with E-state index < -0.39 is 0 Å². The number of morpholine rings is 1. The van der Waals surface area contributed by atoms with E-state index in [1.54, 1.807) is 12.1 Å². The lowest BCUT2D eigenvalue weighted by Crippen LogP contribution is -3.15. The lowest BCUT2D eigenvalue weighted by molar-refractivity contribution is -0.899. The van der Waals surface area contributed by atoms with Crippen LogP contribution in [-0.4, -0.2) is 48.7 Å². The first-order chi connectivity index (χ1) is 13.2. The highest BCUT2D eigenvalue weighted by molar-refractivity contribution is 5.95. The number of hydrogen-bond donors (Lipinski definition) is 3. The summed E-state index contributed by atoms with van der Waals surface area (Å²) in [4.78, 5) is 33.6. The molecule has 7 heteroatoms. The maximum absolute atomic E-state index is 12.5. The molecular formula is C20H21N4O3+. The number of fused-ring (bicyclic) bond motifs is 1. The molecule has 3 aromatic rings. The summed E-state index contributed by atoms with van der Waals surface area (Å²) in [6.45, 7) is 3.37. The molecule has 1 saturated heterocycles. The van der Waals surface area contributed by atoms with Gasteiger partial charge < -0.3 is 19.9 Å². The van der Waals surface area contributed by atoms with E-state index in [1.165, 1.54) is 4.90 Å². The molecule has 1 aliphatic rings. The lowest BCUT2D eigenvalue weighted by Gasteiger charge is -2.23. The fourth-order valence-electron chi connectivity index (χ4n) is 3.27. The number of nitrogens with zero attached hydrogens (tertiary/aromatic N) is 1. The van der Waals surface area contributed by atoms with Crippen molar-refractivity contribution in [1.29, 1.82) is 0 Å². The zero-order chi connectivity index (χ0) is 18.6. The number of ether oxygens (including phenoxy) is 1. The van der Waals surface area contributed by atoms with Gasteiger partial charge in [0.05, 0.1) is 29.9 Å². The van der Waals surface area contributed by atoms with E-state index >= 15 is 0 Å². The Bertz CT molecular complexity index is 1020. The van der Waals surface area contributed by atoms with Gasteiger partial charge in [0.1, 0.15) is 18.8 Å². The predicted molar refractivity (Wildman–Crippen MR) is 103 cm³/mol. The Labute approximate surface area is 156 Å². The standard InChI is InChI=1S/C20H20N4O3/c25-18(13-24-9-11-27-12-10-24)21-15-6-2-1-5-14(15)19-20(26)23-17-8-4-3-7-16(17)22-19/h1-8H,9-13H2,(H,21,25)(H,23,26)/p+1. The van der Waals surface area contributed by atoms with Crippen molar-refractivity contribution in [2.24, 2.45) is 0 Å². The van der Waals surface area contributed by atoms with Crippen LogP contribution < -0.4 is 15.8 Å². The first-order valence-corrected chi connectivity index (χ1v) is 9.00. The van der Waals surface area contributed by atoms with Gasteiger partial charge in [0, 0.05) is 5.56 Å². The van der Waals surface area contributed by atoms with E-state index in [9.17, 15) is 9.59 Å². The van der Waals surface area contributed by atoms with Crippen LogP contribution in [-0.2, 0) is 9.53 Å². The average Bonchev–Trinajstić information content (AvgIpc) is 2.69. The number of rotatable bonds is 4. The van der Waals surface area contributed by atoms with Crippen molar-refractivity contribution < 1.29 is 14.4 Å². The van der Waals surface area contributed by atoms with Crippen molar-refractivity contribution in [1.82, 2.24) is 9.97 Å². The van der Waals surface area contributed by atoms with Crippen LogP contribution in [0.1, 0.15) is 0 Å². The van der Waals surface area contributed by atoms with Gasteiger partial charge in [-0.3, -0.25) is 9.59 Å². The lowest BCUT2D eigenvalue weighted by atomic mass is 10.1. The summed E-state index contributed by atoms with van der Waals surface area (Å²) in [5, 5.41) is 2.94. The molecule has 0 unspecified atom stereocenters. The topological polar surface area (TPSA) is 88.5 Å². The monoisotopic (exact) mass is 365 g/mol. The van der Waals surface area contributed by atoms with Crippen molar-refractivity contribution in [3.63, 3.8) is 0 Å². The molecule has 3 N–H and O–H groups in total. The van der Waals surface area contributed by atoms with Crippen molar-refractivity contribution in [2.45, 2.75) is 0 Å². The van der Waals surface area contributed by atoms with Gasteiger partial charge in [-0.2, -0.15) is 0 Å². The van der Waals surface area contributed by atoms with E-state index in [4.69, 9.17) is 4.74 Å². The molecule has 0 radical (unpaired) electrons. The summed E-state index contributed by atoms with van der Waals surface area (Å²) in [6.07, 6.45) is 0. The molecule has 7 nitrogen and oxygen atoms in total. The summed E-state index contributed by atoms with van der Waals surface area (Å²) in [6, 6.07) is 14.6. The van der Waals surface area contributed by atoms with E-state index in [1.807, 2.05) is 36.4 Å². The Morgan fingerprint density at radius 3 is 2.70 bits per heavy atom. The molecule has 0 bridgehead atoms. The highest BCUT2D eigenvalue weighted by Gasteiger charge is 2.19. The Hall–Kier alpha value is -3.03. The van der Waals surface area contributed by atoms with Gasteiger partial charge in [-0.1, -0.05) is 30.3 Å². The third-order valence-corrected chi connectivity index (χ3v) is 4.67. The van der Waals surface area contributed by atoms with Crippen molar-refractivity contribution in [3.8, 4) is 11.3 Å². The number of amides is 1. The van der Waals surface area contributed by atoms with Crippen molar-refractivity contribution >= 4 is 22.6 Å². The number of benzene rings is 2. The number of quaternary nitrogens is 1. The zero-order valence-corrected chi connectivity index (χ0v) is 14.8. The molecule has 1 aromatic heterocycles. The quantitative estimate of drug-likeness (QED) is 0.626. The van der Waals surface area contributed by atoms with Gasteiger partial charge in [0.15, 0.2) is 6.54 Å². The molecule has 1 amide bonds. The second-order valence-corrected chi connectivity index (χ2v) is 6.56. The molecule has 27 heavy (non-hydrogen) atoms. The largest absolute Gasteiger partial charge is 0.370 e. The number of para-hydroxylation sites is 3. The Kier molecular flexibility index (Phi) is 4.95. The predicted octanol–water partition coefficient (Wildman–Crippen LogP) is 0.444. The average molecular weight is 365 g/mol. The third-order valence-electron chi connectivity index (χ3n) is 4.67. The third kappa shape index (κ3) is 3.89. The number of carbonyl (C=O) groups excluding carboxylic acids is 1. The Morgan fingerprint density at radius 1 is 1.11 bits per heavy atom. The van der Waals surface area contributed by atoms with Crippen molar-refractivity contribution in [2.75, 3.05) is 38.2 Å². The molecule has 138 valence electrons. The van der Waals surface area contributed by atoms with Crippen LogP contribution in [0.2, 0.25) is 0 Å². The summed E-state index contributed by atoms with van der Waals surface area (Å²) in [5.41, 5.74) is 2.59. The van der Waals surface area contributed by atoms with Gasteiger partial charge in [-0.25, -0.2) is 4.98 Å². The van der Waals surface area contributed by atoms with E-state index in [0.29, 0.717) is 47.7 Å². The summed E-state index contributed by atoms with van der Waals surface area (Å²) >= 11 is 0. The summed E-state index contributed by atoms with van der Waals surface area (Å²) in [7, 11) is 0. The number of aromatic amines is 1. The minimum Gasteiger partial charge on any atom is -0.370 e. The minimum atomic E-state index is -0.283. The molecule has 0 spiro atoms. The van der Waals surface area contributed by atoms with Crippen LogP contribution in [0.25, 0.3) is 22.3 Å². The first-order valence-electron chi connectivity index (χ1n) is 9.00. The summed E-state index contributed by atoms with van der Waals surface area (Å²) < 4.78 is 5.33. The van der Waals surface area contributed by atoms with Gasteiger partial charge in [0.25, 0.3) is 11.5 Å². The smallest absolute Gasteiger partial charge is 0.279 e. The normalized spacial score (nSPS) is 15.0. The minimum absolute atomic E-state index is 0.0865. The van der Waals surface area contributed by atoms with Gasteiger partial charge in [0.2, 0.25) is 0 Å². The van der Waals surface area contributed by atoms with Crippen LogP contribution in [0.3, 0.4) is 0 Å². The molecule has 0 aliphatic carbocycles. The van der Waals surface area contributed by atoms with E-state index in [-0.39, 0.29) is 11.5 Å². The van der Waals surface area contributed by atoms with Crippen LogP contribution in [0, 0.1) is 0 Å². The molecule has 0 saturated carbocycles. The molecule has 2 heterocycles. The van der Waals surface area contributed by atoms with Crippen LogP contribution in [0.15, 0.2) is 53.3 Å². The van der Waals surface area contributed by atoms with Gasteiger partial charge in [-0.05, 0) is 18.2 Å². The number of anilines is 1.